The van der Waals surface area contributed by atoms with E-state index in [4.69, 9.17) is 9.47 Å². The predicted molar refractivity (Wildman–Crippen MR) is 152 cm³/mol. The number of ether oxygens (including phenoxy) is 2. The summed E-state index contributed by atoms with van der Waals surface area (Å²) in [6.45, 7) is 2.13. The number of rotatable bonds is 10. The highest BCUT2D eigenvalue weighted by Gasteiger charge is 2.65. The number of nitrogens with one attached hydrogen (secondary N) is 2. The van der Waals surface area contributed by atoms with Crippen molar-refractivity contribution in [3.63, 3.8) is 0 Å². The van der Waals surface area contributed by atoms with Crippen molar-refractivity contribution in [1.82, 2.24) is 10.6 Å². The SMILES string of the molecule is C[C@H](OCc1ccccc1)[C@@H](NC(=O)OCC1c2ccccc2-c2ccccc21)C(=O)NC1CC2CC2(C(=O)O)C1. The molecule has 0 spiro atoms. The molecule has 8 nitrogen and oxygen atoms in total. The molecule has 3 aliphatic rings. The number of carboxylic acids is 1. The minimum Gasteiger partial charge on any atom is -0.481 e. The first-order chi connectivity index (χ1) is 19.9. The van der Waals surface area contributed by atoms with Crippen LogP contribution in [0.15, 0.2) is 78.9 Å². The molecule has 3 unspecified atom stereocenters. The predicted octanol–water partition coefficient (Wildman–Crippen LogP) is 4.87. The second-order valence-corrected chi connectivity index (χ2v) is 11.5. The van der Waals surface area contributed by atoms with Crippen molar-refractivity contribution in [2.24, 2.45) is 11.3 Å². The normalized spacial score (nSPS) is 23.4. The van der Waals surface area contributed by atoms with Gasteiger partial charge in [-0.3, -0.25) is 9.59 Å². The summed E-state index contributed by atoms with van der Waals surface area (Å²) in [6, 6.07) is 24.5. The molecule has 0 aromatic heterocycles. The number of benzene rings is 3. The molecule has 5 atom stereocenters. The van der Waals surface area contributed by atoms with Crippen molar-refractivity contribution in [3.05, 3.63) is 95.6 Å². The van der Waals surface area contributed by atoms with E-state index in [-0.39, 0.29) is 31.1 Å². The number of carbonyl (C=O) groups is 3. The van der Waals surface area contributed by atoms with Crippen LogP contribution in [0.25, 0.3) is 11.1 Å². The summed E-state index contributed by atoms with van der Waals surface area (Å²) in [5.74, 6) is -1.23. The zero-order chi connectivity index (χ0) is 28.6. The molecule has 3 aliphatic carbocycles. The zero-order valence-corrected chi connectivity index (χ0v) is 22.9. The van der Waals surface area contributed by atoms with E-state index in [2.05, 4.69) is 22.8 Å². The van der Waals surface area contributed by atoms with Gasteiger partial charge in [0.05, 0.1) is 18.1 Å². The van der Waals surface area contributed by atoms with E-state index in [0.717, 1.165) is 27.8 Å². The largest absolute Gasteiger partial charge is 0.481 e. The van der Waals surface area contributed by atoms with Gasteiger partial charge in [0, 0.05) is 12.0 Å². The van der Waals surface area contributed by atoms with Crippen LogP contribution in [0.4, 0.5) is 4.79 Å². The molecule has 0 radical (unpaired) electrons. The van der Waals surface area contributed by atoms with Crippen LogP contribution < -0.4 is 10.6 Å². The van der Waals surface area contributed by atoms with Gasteiger partial charge in [0.1, 0.15) is 12.6 Å². The van der Waals surface area contributed by atoms with Gasteiger partial charge in [-0.2, -0.15) is 0 Å². The number of carbonyl (C=O) groups excluding carboxylic acids is 2. The first-order valence-electron chi connectivity index (χ1n) is 14.2. The summed E-state index contributed by atoms with van der Waals surface area (Å²) >= 11 is 0. The Kier molecular flexibility index (Phi) is 7.26. The first-order valence-corrected chi connectivity index (χ1v) is 14.2. The fourth-order valence-electron chi connectivity index (χ4n) is 6.62. The van der Waals surface area contributed by atoms with Crippen molar-refractivity contribution in [1.29, 1.82) is 0 Å². The quantitative estimate of drug-likeness (QED) is 0.330. The second-order valence-electron chi connectivity index (χ2n) is 11.5. The number of amides is 2. The van der Waals surface area contributed by atoms with Crippen molar-refractivity contribution in [3.8, 4) is 11.1 Å². The molecule has 3 aromatic rings. The maximum absolute atomic E-state index is 13.5. The Bertz CT molecular complexity index is 1410. The average molecular weight is 555 g/mol. The maximum Gasteiger partial charge on any atom is 0.407 e. The van der Waals surface area contributed by atoms with Gasteiger partial charge in [-0.1, -0.05) is 78.9 Å². The Hall–Kier alpha value is -4.17. The van der Waals surface area contributed by atoms with E-state index >= 15 is 0 Å². The Labute approximate surface area is 239 Å². The van der Waals surface area contributed by atoms with Crippen molar-refractivity contribution < 1.29 is 29.0 Å². The Morgan fingerprint density at radius 3 is 2.20 bits per heavy atom. The summed E-state index contributed by atoms with van der Waals surface area (Å²) < 4.78 is 11.7. The first kappa shape index (κ1) is 27.0. The molecule has 0 aliphatic heterocycles. The lowest BCUT2D eigenvalue weighted by Gasteiger charge is -2.27. The van der Waals surface area contributed by atoms with E-state index in [1.54, 1.807) is 6.92 Å². The summed E-state index contributed by atoms with van der Waals surface area (Å²) in [5, 5.41) is 15.3. The van der Waals surface area contributed by atoms with E-state index in [9.17, 15) is 19.5 Å². The summed E-state index contributed by atoms with van der Waals surface area (Å²) in [5.41, 5.74) is 4.68. The van der Waals surface area contributed by atoms with Crippen LogP contribution in [0.2, 0.25) is 0 Å². The second kappa shape index (κ2) is 11.0. The maximum atomic E-state index is 13.5. The highest BCUT2D eigenvalue weighted by molar-refractivity contribution is 5.87. The number of alkyl carbamates (subject to hydrolysis) is 1. The molecule has 6 rings (SSSR count). The molecule has 8 heteroatoms. The molecule has 212 valence electrons. The molecule has 0 bridgehead atoms. The van der Waals surface area contributed by atoms with E-state index in [1.807, 2.05) is 66.7 Å². The van der Waals surface area contributed by atoms with E-state index < -0.39 is 35.5 Å². The van der Waals surface area contributed by atoms with Gasteiger partial charge < -0.3 is 25.2 Å². The van der Waals surface area contributed by atoms with Gasteiger partial charge in [-0.15, -0.1) is 0 Å². The molecule has 2 amide bonds. The standard InChI is InChI=1S/C33H34N2O6/c1-20(40-18-21-9-3-2-4-10-21)29(30(36)34-23-15-22-16-33(22,17-23)31(37)38)35-32(39)41-19-28-26-13-7-5-11-24(26)25-12-6-8-14-27(25)28/h2-14,20,22-23,28-29H,15-19H2,1H3,(H,34,36)(H,35,39)(H,37,38)/t20-,22?,23?,29+,33?/m0/s1. The van der Waals surface area contributed by atoms with Gasteiger partial charge in [-0.05, 0) is 59.9 Å². The van der Waals surface area contributed by atoms with Gasteiger partial charge >= 0.3 is 12.1 Å². The molecule has 0 heterocycles. The highest BCUT2D eigenvalue weighted by atomic mass is 16.5. The van der Waals surface area contributed by atoms with Crippen LogP contribution in [-0.2, 0) is 25.7 Å². The van der Waals surface area contributed by atoms with Crippen LogP contribution in [0.1, 0.15) is 48.8 Å². The topological polar surface area (TPSA) is 114 Å². The fraction of sp³-hybridized carbons (Fsp3) is 0.364. The van der Waals surface area contributed by atoms with Gasteiger partial charge in [0.25, 0.3) is 0 Å². The van der Waals surface area contributed by atoms with Crippen LogP contribution in [0.3, 0.4) is 0 Å². The zero-order valence-electron chi connectivity index (χ0n) is 22.9. The molecular formula is C33H34N2O6. The molecule has 3 aromatic carbocycles. The van der Waals surface area contributed by atoms with Crippen LogP contribution >= 0.6 is 0 Å². The third kappa shape index (κ3) is 5.32. The van der Waals surface area contributed by atoms with Crippen LogP contribution in [0.5, 0.6) is 0 Å². The minimum atomic E-state index is -1.02. The molecule has 41 heavy (non-hydrogen) atoms. The number of aliphatic carboxylic acids is 1. The fourth-order valence-corrected chi connectivity index (χ4v) is 6.62. The number of carboxylic acid groups (broad SMARTS) is 1. The molecule has 2 fully saturated rings. The number of hydrogen-bond donors (Lipinski definition) is 3. The highest BCUT2D eigenvalue weighted by Crippen LogP contribution is 2.63. The van der Waals surface area contributed by atoms with Crippen molar-refractivity contribution >= 4 is 18.0 Å². The van der Waals surface area contributed by atoms with Gasteiger partial charge in [0.2, 0.25) is 5.91 Å². The number of hydrogen-bond acceptors (Lipinski definition) is 5. The van der Waals surface area contributed by atoms with Crippen LogP contribution in [0, 0.1) is 11.3 Å². The molecule has 3 N–H and O–H groups in total. The molecular weight excluding hydrogens is 520 g/mol. The van der Waals surface area contributed by atoms with Gasteiger partial charge in [-0.25, -0.2) is 4.79 Å². The summed E-state index contributed by atoms with van der Waals surface area (Å²) in [4.78, 5) is 38.3. The Morgan fingerprint density at radius 1 is 0.927 bits per heavy atom. The smallest absolute Gasteiger partial charge is 0.407 e. The van der Waals surface area contributed by atoms with E-state index in [1.165, 1.54) is 0 Å². The molecule has 2 saturated carbocycles. The summed E-state index contributed by atoms with van der Waals surface area (Å²) in [6.07, 6.45) is 0.302. The third-order valence-corrected chi connectivity index (χ3v) is 8.91. The van der Waals surface area contributed by atoms with Crippen molar-refractivity contribution in [2.45, 2.75) is 56.9 Å². The monoisotopic (exact) mass is 554 g/mol. The minimum absolute atomic E-state index is 0.0885. The Balaban J connectivity index is 1.12. The van der Waals surface area contributed by atoms with E-state index in [0.29, 0.717) is 19.3 Å². The third-order valence-electron chi connectivity index (χ3n) is 8.91. The van der Waals surface area contributed by atoms with Gasteiger partial charge in [0.15, 0.2) is 0 Å². The lowest BCUT2D eigenvalue weighted by molar-refractivity contribution is -0.144. The lowest BCUT2D eigenvalue weighted by atomic mass is 9.98. The Morgan fingerprint density at radius 2 is 1.56 bits per heavy atom. The van der Waals surface area contributed by atoms with Crippen molar-refractivity contribution in [2.75, 3.05) is 6.61 Å². The summed E-state index contributed by atoms with van der Waals surface area (Å²) in [7, 11) is 0. The number of fused-ring (bicyclic) bond motifs is 4. The molecule has 0 saturated heterocycles. The lowest BCUT2D eigenvalue weighted by Crippen LogP contribution is -2.55. The van der Waals surface area contributed by atoms with Crippen LogP contribution in [-0.4, -0.2) is 47.9 Å². The average Bonchev–Trinajstić information content (AvgIpc) is 3.41.